The number of hydrogen-bond donors (Lipinski definition) is 8. The number of hydrogen-bond acceptors (Lipinski definition) is 12. The topological polar surface area (TPSA) is 199 Å². The van der Waals surface area contributed by atoms with Gasteiger partial charge < -0.3 is 59.8 Å². The van der Waals surface area contributed by atoms with Crippen LogP contribution in [0.3, 0.4) is 0 Å². The van der Waals surface area contributed by atoms with Crippen molar-refractivity contribution in [3.8, 4) is 0 Å². The lowest BCUT2D eigenvalue weighted by atomic mass is 9.47. The van der Waals surface area contributed by atoms with Gasteiger partial charge in [-0.25, -0.2) is 0 Å². The number of allylic oxidation sites excluding steroid dienone is 2. The van der Waals surface area contributed by atoms with E-state index in [0.717, 1.165) is 50.5 Å². The van der Waals surface area contributed by atoms with Gasteiger partial charge in [-0.3, -0.25) is 0 Å². The lowest BCUT2D eigenvalue weighted by Gasteiger charge is -2.59. The summed E-state index contributed by atoms with van der Waals surface area (Å²) in [5.74, 6) is 0.603. The zero-order chi connectivity index (χ0) is 32.4. The fourth-order valence-corrected chi connectivity index (χ4v) is 8.23. The fraction of sp³-hybridized carbons (Fsp3) is 0.875. The molecule has 2 aliphatic heterocycles. The number of aliphatic hydroxyl groups excluding tert-OH is 8. The van der Waals surface area contributed by atoms with Crippen molar-refractivity contribution in [1.29, 1.82) is 0 Å². The minimum absolute atomic E-state index is 0.0197. The Hall–Kier alpha value is -1.00. The average molecular weight is 631 g/mol. The van der Waals surface area contributed by atoms with Gasteiger partial charge in [-0.15, -0.1) is 0 Å². The molecular weight excluding hydrogens is 576 g/mol. The first-order chi connectivity index (χ1) is 20.8. The summed E-state index contributed by atoms with van der Waals surface area (Å²) < 4.78 is 22.8. The lowest BCUT2D eigenvalue weighted by Crippen LogP contribution is -2.60. The van der Waals surface area contributed by atoms with E-state index in [1.807, 2.05) is 13.0 Å². The van der Waals surface area contributed by atoms with Crippen LogP contribution >= 0.6 is 0 Å². The Morgan fingerprint density at radius 3 is 2.00 bits per heavy atom. The molecule has 0 aromatic rings. The van der Waals surface area contributed by atoms with Crippen LogP contribution in [-0.4, -0.2) is 129 Å². The van der Waals surface area contributed by atoms with Crippen molar-refractivity contribution in [2.24, 2.45) is 22.7 Å². The van der Waals surface area contributed by atoms with Gasteiger partial charge in [0.2, 0.25) is 0 Å². The van der Waals surface area contributed by atoms with Crippen molar-refractivity contribution in [3.63, 3.8) is 0 Å². The van der Waals surface area contributed by atoms with Gasteiger partial charge in [0.05, 0.1) is 26.4 Å². The smallest absolute Gasteiger partial charge is 0.187 e. The largest absolute Gasteiger partial charge is 0.394 e. The van der Waals surface area contributed by atoms with E-state index in [1.165, 1.54) is 5.57 Å². The quantitative estimate of drug-likeness (QED) is 0.144. The Kier molecular flexibility index (Phi) is 12.1. The van der Waals surface area contributed by atoms with Crippen molar-refractivity contribution < 1.29 is 59.8 Å². The first kappa shape index (κ1) is 35.8. The molecule has 44 heavy (non-hydrogen) atoms. The highest BCUT2D eigenvalue weighted by Gasteiger charge is 2.55. The molecule has 4 aliphatic rings. The third-order valence-corrected chi connectivity index (χ3v) is 10.9. The molecule has 14 atom stereocenters. The van der Waals surface area contributed by atoms with Crippen molar-refractivity contribution in [2.75, 3.05) is 26.4 Å². The van der Waals surface area contributed by atoms with Gasteiger partial charge in [0.25, 0.3) is 0 Å². The van der Waals surface area contributed by atoms with Gasteiger partial charge in [-0.2, -0.15) is 0 Å². The molecule has 4 rings (SSSR count). The molecule has 0 aromatic carbocycles. The summed E-state index contributed by atoms with van der Waals surface area (Å²) in [6.07, 6.45) is -4.51. The molecule has 0 aromatic heterocycles. The van der Waals surface area contributed by atoms with Crippen LogP contribution < -0.4 is 0 Å². The summed E-state index contributed by atoms with van der Waals surface area (Å²) in [4.78, 5) is 0. The number of rotatable bonds is 11. The molecular formula is C32H54O12. The van der Waals surface area contributed by atoms with Crippen LogP contribution in [0.2, 0.25) is 0 Å². The second-order valence-electron chi connectivity index (χ2n) is 13.9. The van der Waals surface area contributed by atoms with Crippen LogP contribution in [0.15, 0.2) is 23.8 Å². The summed E-state index contributed by atoms with van der Waals surface area (Å²) >= 11 is 0. The fourth-order valence-electron chi connectivity index (χ4n) is 8.23. The summed E-state index contributed by atoms with van der Waals surface area (Å²) in [7, 11) is 0. The maximum Gasteiger partial charge on any atom is 0.187 e. The molecule has 0 spiro atoms. The van der Waals surface area contributed by atoms with Crippen molar-refractivity contribution in [3.05, 3.63) is 23.8 Å². The van der Waals surface area contributed by atoms with Gasteiger partial charge in [-0.05, 0) is 68.1 Å². The predicted octanol–water partition coefficient (Wildman–Crippen LogP) is 0.125. The molecule has 1 unspecified atom stereocenters. The normalized spacial score (nSPS) is 47.0. The summed E-state index contributed by atoms with van der Waals surface area (Å²) in [5, 5.41) is 79.9. The molecule has 12 nitrogen and oxygen atoms in total. The second-order valence-corrected chi connectivity index (χ2v) is 13.9. The van der Waals surface area contributed by atoms with Gasteiger partial charge in [0, 0.05) is 0 Å². The summed E-state index contributed by atoms with van der Waals surface area (Å²) in [6, 6.07) is 0. The Labute approximate surface area is 259 Å². The Bertz CT molecular complexity index is 988. The van der Waals surface area contributed by atoms with E-state index in [0.29, 0.717) is 12.5 Å². The zero-order valence-electron chi connectivity index (χ0n) is 26.2. The van der Waals surface area contributed by atoms with E-state index in [-0.39, 0.29) is 23.4 Å². The number of aliphatic hydroxyl groups is 8. The molecule has 2 heterocycles. The van der Waals surface area contributed by atoms with E-state index in [2.05, 4.69) is 20.4 Å². The summed E-state index contributed by atoms with van der Waals surface area (Å²) in [6.45, 7) is 10.5. The highest BCUT2D eigenvalue weighted by molar-refractivity contribution is 5.17. The predicted molar refractivity (Wildman–Crippen MR) is 158 cm³/mol. The standard InChI is InChI=1S/C32H54O12/c1-17(10-13-41-29-27(39)25(37)23(35)20(14-33)43-29)6-8-19-18(2)7-9-22-31(3,11-5-12-32(19,22)4)16-42-30-28(40)26(38)24(36)21(15-34)44-30/h10,19-30,33-40H,2,5-9,11-16H2,1,3-4H3/b17-10+/t19-,20-,21-,22?,23-,24-,25+,26+,27-,28-,29-,30-,31-,32+/m1/s1. The third-order valence-electron chi connectivity index (χ3n) is 10.9. The number of ether oxygens (including phenoxy) is 4. The van der Waals surface area contributed by atoms with Gasteiger partial charge in [-0.1, -0.05) is 44.1 Å². The highest BCUT2D eigenvalue weighted by atomic mass is 16.7. The molecule has 4 fully saturated rings. The Morgan fingerprint density at radius 1 is 0.864 bits per heavy atom. The van der Waals surface area contributed by atoms with Gasteiger partial charge in [0.1, 0.15) is 48.8 Å². The van der Waals surface area contributed by atoms with E-state index < -0.39 is 74.6 Å². The molecule has 254 valence electrons. The molecule has 0 amide bonds. The van der Waals surface area contributed by atoms with Crippen LogP contribution in [0.25, 0.3) is 0 Å². The Morgan fingerprint density at radius 2 is 1.43 bits per heavy atom. The molecule has 0 radical (unpaired) electrons. The molecule has 12 heteroatoms. The van der Waals surface area contributed by atoms with Crippen LogP contribution in [-0.2, 0) is 18.9 Å². The van der Waals surface area contributed by atoms with Crippen LogP contribution in [0.4, 0.5) is 0 Å². The van der Waals surface area contributed by atoms with Crippen molar-refractivity contribution >= 4 is 0 Å². The molecule has 2 saturated carbocycles. The van der Waals surface area contributed by atoms with Crippen LogP contribution in [0.5, 0.6) is 0 Å². The first-order valence-electron chi connectivity index (χ1n) is 15.9. The maximum atomic E-state index is 10.5. The van der Waals surface area contributed by atoms with E-state index in [4.69, 9.17) is 18.9 Å². The first-order valence-corrected chi connectivity index (χ1v) is 15.9. The molecule has 2 saturated heterocycles. The summed E-state index contributed by atoms with van der Waals surface area (Å²) in [5.41, 5.74) is 2.11. The van der Waals surface area contributed by atoms with E-state index >= 15 is 0 Å². The average Bonchev–Trinajstić information content (AvgIpc) is 2.99. The minimum Gasteiger partial charge on any atom is -0.394 e. The van der Waals surface area contributed by atoms with Crippen LogP contribution in [0, 0.1) is 22.7 Å². The number of fused-ring (bicyclic) bond motifs is 1. The Balaban J connectivity index is 1.36. The molecule has 8 N–H and O–H groups in total. The molecule has 0 bridgehead atoms. The SMILES string of the molecule is C=C1CCC2[C@@](C)(CO[C@@H]3O[C@H](CO)[C@@H](O)[C@H](O)[C@H]3O)CCC[C@@]2(C)[C@@H]1CC/C(C)=C/CO[C@@H]1O[C@H](CO)[C@@H](O)[C@H](O)[C@H]1O. The monoisotopic (exact) mass is 630 g/mol. The van der Waals surface area contributed by atoms with Crippen molar-refractivity contribution in [2.45, 2.75) is 127 Å². The highest BCUT2D eigenvalue weighted by Crippen LogP contribution is 2.62. The van der Waals surface area contributed by atoms with Crippen molar-refractivity contribution in [1.82, 2.24) is 0 Å². The lowest BCUT2D eigenvalue weighted by molar-refractivity contribution is -0.309. The van der Waals surface area contributed by atoms with E-state index in [1.54, 1.807) is 0 Å². The van der Waals surface area contributed by atoms with Crippen LogP contribution in [0.1, 0.15) is 65.7 Å². The van der Waals surface area contributed by atoms with Gasteiger partial charge in [0.15, 0.2) is 12.6 Å². The van der Waals surface area contributed by atoms with Gasteiger partial charge >= 0.3 is 0 Å². The minimum atomic E-state index is -1.48. The molecule has 2 aliphatic carbocycles. The van der Waals surface area contributed by atoms with E-state index in [9.17, 15) is 40.9 Å². The third kappa shape index (κ3) is 7.27. The maximum absolute atomic E-state index is 10.5. The second kappa shape index (κ2) is 14.8. The zero-order valence-corrected chi connectivity index (χ0v) is 26.2.